The van der Waals surface area contributed by atoms with Gasteiger partial charge >= 0.3 is 0 Å². The van der Waals surface area contributed by atoms with E-state index in [1.807, 2.05) is 11.4 Å². The summed E-state index contributed by atoms with van der Waals surface area (Å²) < 4.78 is 1.47. The molecular weight excluding hydrogens is 499 g/mol. The summed E-state index contributed by atoms with van der Waals surface area (Å²) in [7, 11) is 0. The number of hydrogen-bond donors (Lipinski definition) is 1. The Balaban J connectivity index is 1.35. The largest absolute Gasteiger partial charge is 0.302 e. The van der Waals surface area contributed by atoms with Gasteiger partial charge in [0.25, 0.3) is 5.69 Å². The van der Waals surface area contributed by atoms with Crippen molar-refractivity contribution in [1.82, 2.24) is 9.97 Å². The maximum Gasteiger partial charge on any atom is 0.270 e. The van der Waals surface area contributed by atoms with Gasteiger partial charge in [-0.05, 0) is 23.8 Å². The first-order valence-electron chi connectivity index (χ1n) is 8.73. The Morgan fingerprint density at radius 2 is 2.03 bits per heavy atom. The number of anilines is 1. The van der Waals surface area contributed by atoms with Crippen molar-refractivity contribution in [2.45, 2.75) is 16.5 Å². The van der Waals surface area contributed by atoms with Crippen LogP contribution in [0.1, 0.15) is 11.3 Å². The SMILES string of the molecule is O=C(Cc1csc(SCc2ccc(Cl)cc2Cl)n1)Nc1nc2ccc([N+](=O)[O-])cc2s1. The molecule has 0 aliphatic heterocycles. The van der Waals surface area contributed by atoms with Crippen LogP contribution in [-0.2, 0) is 17.0 Å². The van der Waals surface area contributed by atoms with Crippen LogP contribution in [0.4, 0.5) is 10.8 Å². The molecule has 0 bridgehead atoms. The van der Waals surface area contributed by atoms with Crippen LogP contribution in [0.2, 0.25) is 10.0 Å². The van der Waals surface area contributed by atoms with Gasteiger partial charge in [-0.25, -0.2) is 9.97 Å². The molecule has 2 aromatic carbocycles. The van der Waals surface area contributed by atoms with Crippen molar-refractivity contribution in [1.29, 1.82) is 0 Å². The molecule has 31 heavy (non-hydrogen) atoms. The number of nitro groups is 1. The van der Waals surface area contributed by atoms with Gasteiger partial charge in [-0.3, -0.25) is 14.9 Å². The molecular formula is C19H12Cl2N4O3S3. The van der Waals surface area contributed by atoms with Crippen molar-refractivity contribution in [2.75, 3.05) is 5.32 Å². The predicted octanol–water partition coefficient (Wildman–Crippen LogP) is 6.44. The number of benzene rings is 2. The Morgan fingerprint density at radius 1 is 1.19 bits per heavy atom. The molecule has 1 amide bonds. The summed E-state index contributed by atoms with van der Waals surface area (Å²) in [5.41, 5.74) is 2.20. The Hall–Kier alpha value is -2.24. The third-order valence-corrected chi connectivity index (χ3v) is 7.71. The maximum atomic E-state index is 12.4. The molecule has 0 saturated heterocycles. The van der Waals surface area contributed by atoms with E-state index in [0.29, 0.717) is 36.8 Å². The topological polar surface area (TPSA) is 98.0 Å². The van der Waals surface area contributed by atoms with Crippen LogP contribution in [0.25, 0.3) is 10.2 Å². The zero-order valence-corrected chi connectivity index (χ0v) is 19.5. The summed E-state index contributed by atoms with van der Waals surface area (Å²) in [5, 5.41) is 17.1. The van der Waals surface area contributed by atoms with E-state index >= 15 is 0 Å². The minimum atomic E-state index is -0.462. The average Bonchev–Trinajstić information content (AvgIpc) is 3.32. The van der Waals surface area contributed by atoms with E-state index in [-0.39, 0.29) is 18.0 Å². The fourth-order valence-corrected chi connectivity index (χ4v) is 5.94. The van der Waals surface area contributed by atoms with E-state index in [2.05, 4.69) is 15.3 Å². The van der Waals surface area contributed by atoms with Gasteiger partial charge < -0.3 is 5.32 Å². The fourth-order valence-electron chi connectivity index (χ4n) is 2.62. The minimum absolute atomic E-state index is 0.0126. The van der Waals surface area contributed by atoms with Crippen molar-refractivity contribution in [2.24, 2.45) is 0 Å². The monoisotopic (exact) mass is 510 g/mol. The third-order valence-electron chi connectivity index (χ3n) is 4.07. The molecule has 0 atom stereocenters. The highest BCUT2D eigenvalue weighted by molar-refractivity contribution is 8.00. The van der Waals surface area contributed by atoms with Crippen molar-refractivity contribution >= 4 is 84.6 Å². The molecule has 0 unspecified atom stereocenters. The number of carbonyl (C=O) groups excluding carboxylic acids is 1. The maximum absolute atomic E-state index is 12.4. The molecule has 7 nitrogen and oxygen atoms in total. The second kappa shape index (κ2) is 9.49. The van der Waals surface area contributed by atoms with Crippen molar-refractivity contribution < 1.29 is 9.72 Å². The van der Waals surface area contributed by atoms with Gasteiger partial charge in [0.15, 0.2) is 5.13 Å². The van der Waals surface area contributed by atoms with E-state index in [1.54, 1.807) is 18.2 Å². The molecule has 2 aromatic heterocycles. The summed E-state index contributed by atoms with van der Waals surface area (Å²) in [5.74, 6) is 0.392. The quantitative estimate of drug-likeness (QED) is 0.174. The summed E-state index contributed by atoms with van der Waals surface area (Å²) in [6.07, 6.45) is 0.106. The first-order valence-corrected chi connectivity index (χ1v) is 12.2. The van der Waals surface area contributed by atoms with Gasteiger partial charge in [-0.1, -0.05) is 52.4 Å². The minimum Gasteiger partial charge on any atom is -0.302 e. The number of nitro benzene ring substituents is 1. The smallest absolute Gasteiger partial charge is 0.270 e. The van der Waals surface area contributed by atoms with E-state index < -0.39 is 4.92 Å². The lowest BCUT2D eigenvalue weighted by Crippen LogP contribution is -2.14. The number of non-ortho nitro benzene ring substituents is 1. The van der Waals surface area contributed by atoms with Crippen LogP contribution in [-0.4, -0.2) is 20.8 Å². The number of aromatic nitrogens is 2. The van der Waals surface area contributed by atoms with Gasteiger partial charge in [0.1, 0.15) is 4.34 Å². The molecule has 158 valence electrons. The van der Waals surface area contributed by atoms with E-state index in [0.717, 1.165) is 9.90 Å². The Bertz CT molecular complexity index is 1290. The highest BCUT2D eigenvalue weighted by Crippen LogP contribution is 2.31. The van der Waals surface area contributed by atoms with Gasteiger partial charge in [0.2, 0.25) is 5.91 Å². The predicted molar refractivity (Wildman–Crippen MR) is 127 cm³/mol. The molecule has 0 saturated carbocycles. The number of nitrogens with zero attached hydrogens (tertiary/aromatic N) is 3. The number of carbonyl (C=O) groups is 1. The second-order valence-corrected chi connectivity index (χ2v) is 10.2. The number of rotatable bonds is 7. The lowest BCUT2D eigenvalue weighted by molar-refractivity contribution is -0.384. The van der Waals surface area contributed by atoms with Crippen LogP contribution >= 0.6 is 57.6 Å². The lowest BCUT2D eigenvalue weighted by Gasteiger charge is -2.02. The molecule has 4 rings (SSSR count). The van der Waals surface area contributed by atoms with E-state index in [1.165, 1.54) is 46.6 Å². The van der Waals surface area contributed by atoms with Gasteiger partial charge in [0.05, 0.1) is 27.3 Å². The lowest BCUT2D eigenvalue weighted by atomic mass is 10.2. The van der Waals surface area contributed by atoms with Crippen LogP contribution in [0.5, 0.6) is 0 Å². The zero-order valence-electron chi connectivity index (χ0n) is 15.5. The molecule has 1 N–H and O–H groups in total. The number of thiazole rings is 2. The summed E-state index contributed by atoms with van der Waals surface area (Å²) >= 11 is 16.3. The normalized spacial score (nSPS) is 11.0. The van der Waals surface area contributed by atoms with Crippen LogP contribution in [0, 0.1) is 10.1 Å². The Labute approximate surface area is 198 Å². The number of thioether (sulfide) groups is 1. The summed E-state index contributed by atoms with van der Waals surface area (Å²) in [4.78, 5) is 31.6. The van der Waals surface area contributed by atoms with E-state index in [9.17, 15) is 14.9 Å². The molecule has 2 heterocycles. The molecule has 12 heteroatoms. The van der Waals surface area contributed by atoms with Crippen molar-refractivity contribution in [3.63, 3.8) is 0 Å². The highest BCUT2D eigenvalue weighted by Gasteiger charge is 2.14. The van der Waals surface area contributed by atoms with Gasteiger partial charge in [-0.2, -0.15) is 0 Å². The molecule has 0 aliphatic carbocycles. The average molecular weight is 511 g/mol. The van der Waals surface area contributed by atoms with E-state index in [4.69, 9.17) is 23.2 Å². The second-order valence-electron chi connectivity index (χ2n) is 6.28. The summed E-state index contributed by atoms with van der Waals surface area (Å²) in [6, 6.07) is 9.78. The van der Waals surface area contributed by atoms with Crippen LogP contribution < -0.4 is 5.32 Å². The highest BCUT2D eigenvalue weighted by atomic mass is 35.5. The molecule has 0 radical (unpaired) electrons. The van der Waals surface area contributed by atoms with Crippen LogP contribution in [0.15, 0.2) is 46.1 Å². The fraction of sp³-hybridized carbons (Fsp3) is 0.105. The number of nitrogens with one attached hydrogen (secondary N) is 1. The standard InChI is InChI=1S/C19H12Cl2N4O3S3/c20-11-2-1-10(14(21)5-11)8-29-19-22-12(9-30-19)6-17(26)24-18-23-15-4-3-13(25(27)28)7-16(15)31-18/h1-5,7,9H,6,8H2,(H,23,24,26). The number of amides is 1. The number of halogens is 2. The molecule has 0 fully saturated rings. The summed E-state index contributed by atoms with van der Waals surface area (Å²) in [6.45, 7) is 0. The first kappa shape index (κ1) is 22.0. The third kappa shape index (κ3) is 5.52. The van der Waals surface area contributed by atoms with Gasteiger partial charge in [-0.15, -0.1) is 11.3 Å². The number of fused-ring (bicyclic) bond motifs is 1. The van der Waals surface area contributed by atoms with Crippen molar-refractivity contribution in [3.8, 4) is 0 Å². The molecule has 0 spiro atoms. The van der Waals surface area contributed by atoms with Crippen molar-refractivity contribution in [3.05, 3.63) is 73.2 Å². The zero-order chi connectivity index (χ0) is 22.0. The van der Waals surface area contributed by atoms with Gasteiger partial charge in [0, 0.05) is 33.3 Å². The number of hydrogen-bond acceptors (Lipinski definition) is 8. The first-order chi connectivity index (χ1) is 14.9. The Morgan fingerprint density at radius 3 is 2.81 bits per heavy atom. The van der Waals surface area contributed by atoms with Crippen LogP contribution in [0.3, 0.4) is 0 Å². The molecule has 4 aromatic rings. The molecule has 0 aliphatic rings. The Kier molecular flexibility index (Phi) is 6.73.